The van der Waals surface area contributed by atoms with Crippen LogP contribution in [0, 0.1) is 6.92 Å². The van der Waals surface area contributed by atoms with Crippen LogP contribution in [0.3, 0.4) is 0 Å². The summed E-state index contributed by atoms with van der Waals surface area (Å²) in [6, 6.07) is 5.99. The summed E-state index contributed by atoms with van der Waals surface area (Å²) >= 11 is 0. The smallest absolute Gasteiger partial charge is 0.282 e. The minimum Gasteiger partial charge on any atom is -0.282 e. The Morgan fingerprint density at radius 2 is 1.70 bits per heavy atom. The van der Waals surface area contributed by atoms with Crippen molar-refractivity contribution in [1.82, 2.24) is 0 Å². The first kappa shape index (κ1) is 15.0. The largest absolute Gasteiger partial charge is 0.294 e. The molecule has 108 valence electrons. The van der Waals surface area contributed by atoms with Crippen molar-refractivity contribution >= 4 is 20.0 Å². The number of aryl methyl sites for hydroxylation is 1. The zero-order valence-electron chi connectivity index (χ0n) is 10.8. The lowest BCUT2D eigenvalue weighted by Gasteiger charge is -2.13. The van der Waals surface area contributed by atoms with Gasteiger partial charge < -0.3 is 0 Å². The van der Waals surface area contributed by atoms with Crippen molar-refractivity contribution in [1.29, 1.82) is 0 Å². The van der Waals surface area contributed by atoms with Crippen molar-refractivity contribution in [3.8, 4) is 0 Å². The molecule has 0 unspecified atom stereocenters. The van der Waals surface area contributed by atoms with E-state index in [1.54, 1.807) is 18.2 Å². The highest BCUT2D eigenvalue weighted by Gasteiger charge is 2.29. The maximum absolute atomic E-state index is 10.9. The lowest BCUT2D eigenvalue weighted by atomic mass is 9.99. The van der Waals surface area contributed by atoms with E-state index in [-0.39, 0.29) is 4.90 Å². The molecule has 1 N–H and O–H groups in total. The second-order valence-corrected chi connectivity index (χ2v) is 7.86. The van der Waals surface area contributed by atoms with Crippen LogP contribution < -0.4 is 0 Å². The maximum Gasteiger partial charge on any atom is 0.294 e. The van der Waals surface area contributed by atoms with E-state index in [0.717, 1.165) is 24.0 Å². The monoisotopic (exact) mass is 314 g/mol. The highest BCUT2D eigenvalue weighted by Crippen LogP contribution is 2.38. The first-order valence-corrected chi connectivity index (χ1v) is 8.88. The van der Waals surface area contributed by atoms with Gasteiger partial charge in [0.25, 0.3) is 10.1 Å². The summed E-state index contributed by atoms with van der Waals surface area (Å²) in [6.45, 7) is 1.84. The van der Waals surface area contributed by atoms with Crippen molar-refractivity contribution in [2.24, 2.45) is 0 Å². The molecule has 0 saturated carbocycles. The second kappa shape index (κ2) is 5.16. The first-order chi connectivity index (χ1) is 9.20. The average Bonchev–Trinajstić information content (AvgIpc) is 2.46. The summed E-state index contributed by atoms with van der Waals surface area (Å²) in [4.78, 5) is 0.589. The number of allylic oxidation sites excluding steroid dienone is 3. The summed E-state index contributed by atoms with van der Waals surface area (Å²) in [7, 11) is -6.91. The molecule has 7 heteroatoms. The minimum absolute atomic E-state index is 0.0666. The fourth-order valence-corrected chi connectivity index (χ4v) is 3.75. The molecule has 5 nitrogen and oxygen atoms in total. The fourth-order valence-electron chi connectivity index (χ4n) is 1.84. The van der Waals surface area contributed by atoms with E-state index in [4.69, 9.17) is 4.55 Å². The predicted molar refractivity (Wildman–Crippen MR) is 75.3 cm³/mol. The van der Waals surface area contributed by atoms with Crippen LogP contribution in [0.15, 0.2) is 51.1 Å². The molecule has 0 amide bonds. The lowest BCUT2D eigenvalue weighted by molar-refractivity contribution is 0.483. The van der Waals surface area contributed by atoms with Gasteiger partial charge in [0, 0.05) is 5.41 Å². The Balaban J connectivity index is 0.000000149. The van der Waals surface area contributed by atoms with Crippen molar-refractivity contribution in [3.63, 3.8) is 0 Å². The molecule has 0 bridgehead atoms. The topological polar surface area (TPSA) is 88.5 Å². The predicted octanol–water partition coefficient (Wildman–Crippen LogP) is 2.22. The summed E-state index contributed by atoms with van der Waals surface area (Å²) in [6.07, 6.45) is 3.41. The van der Waals surface area contributed by atoms with Crippen LogP contribution >= 0.6 is 0 Å². The highest BCUT2D eigenvalue weighted by atomic mass is 32.2. The van der Waals surface area contributed by atoms with Gasteiger partial charge in [0.2, 0.25) is 0 Å². The third-order valence-electron chi connectivity index (χ3n) is 3.09. The Bertz CT molecular complexity index is 782. The van der Waals surface area contributed by atoms with Gasteiger partial charge in [0.15, 0.2) is 9.84 Å². The van der Waals surface area contributed by atoms with E-state index in [2.05, 4.69) is 0 Å². The van der Waals surface area contributed by atoms with Gasteiger partial charge in [0.05, 0.1) is 9.80 Å². The van der Waals surface area contributed by atoms with Crippen LogP contribution in [0.5, 0.6) is 0 Å². The van der Waals surface area contributed by atoms with Gasteiger partial charge in [-0.3, -0.25) is 4.55 Å². The third-order valence-corrected chi connectivity index (χ3v) is 5.61. The van der Waals surface area contributed by atoms with Crippen molar-refractivity contribution in [3.05, 3.63) is 51.8 Å². The number of hydrogen-bond acceptors (Lipinski definition) is 4. The normalized spacial score (nSPS) is 18.9. The van der Waals surface area contributed by atoms with Crippen LogP contribution in [0.1, 0.15) is 18.4 Å². The van der Waals surface area contributed by atoms with Crippen LogP contribution in [-0.2, 0) is 20.0 Å². The molecule has 0 aromatic heterocycles. The van der Waals surface area contributed by atoms with Crippen molar-refractivity contribution < 1.29 is 21.4 Å². The van der Waals surface area contributed by atoms with Gasteiger partial charge in [-0.25, -0.2) is 8.42 Å². The summed E-state index contributed by atoms with van der Waals surface area (Å²) in [5.74, 6) is 0. The summed E-state index contributed by atoms with van der Waals surface area (Å²) in [5.41, 5.74) is 1.98. The van der Waals surface area contributed by atoms with Crippen LogP contribution in [0.25, 0.3) is 0 Å². The molecule has 2 aliphatic rings. The fraction of sp³-hybridized carbons (Fsp3) is 0.231. The quantitative estimate of drug-likeness (QED) is 0.803. The molecule has 0 atom stereocenters. The summed E-state index contributed by atoms with van der Waals surface area (Å²) < 4.78 is 51.3. The number of benzene rings is 1. The number of rotatable bonds is 1. The van der Waals surface area contributed by atoms with Crippen LogP contribution in [-0.4, -0.2) is 21.4 Å². The van der Waals surface area contributed by atoms with E-state index in [0.29, 0.717) is 4.91 Å². The molecule has 1 aliphatic carbocycles. The molecule has 3 rings (SSSR count). The van der Waals surface area contributed by atoms with Gasteiger partial charge in [-0.2, -0.15) is 8.42 Å². The molecule has 0 fully saturated rings. The van der Waals surface area contributed by atoms with Crippen molar-refractivity contribution in [2.45, 2.75) is 24.7 Å². The Kier molecular flexibility index (Phi) is 3.86. The zero-order chi connectivity index (χ0) is 15.0. The Labute approximate surface area is 118 Å². The lowest BCUT2D eigenvalue weighted by Crippen LogP contribution is -2.05. The molecule has 0 radical (unpaired) electrons. The zero-order valence-corrected chi connectivity index (χ0v) is 12.4. The van der Waals surface area contributed by atoms with Gasteiger partial charge in [-0.05, 0) is 43.5 Å². The van der Waals surface area contributed by atoms with E-state index in [1.807, 2.05) is 6.92 Å². The van der Waals surface area contributed by atoms with Crippen LogP contribution in [0.4, 0.5) is 0 Å². The van der Waals surface area contributed by atoms with E-state index >= 15 is 0 Å². The maximum atomic E-state index is 10.9. The molecular formula is C13H14O5S2. The third kappa shape index (κ3) is 3.17. The Morgan fingerprint density at radius 3 is 2.00 bits per heavy atom. The molecule has 1 aromatic rings. The van der Waals surface area contributed by atoms with Gasteiger partial charge >= 0.3 is 0 Å². The molecular weight excluding hydrogens is 300 g/mol. The van der Waals surface area contributed by atoms with Crippen LogP contribution in [0.2, 0.25) is 0 Å². The highest BCUT2D eigenvalue weighted by molar-refractivity contribution is 7.98. The minimum atomic E-state index is -4.02. The van der Waals surface area contributed by atoms with E-state index in [9.17, 15) is 16.8 Å². The molecule has 1 aromatic carbocycles. The van der Waals surface area contributed by atoms with Crippen molar-refractivity contribution in [2.75, 3.05) is 0 Å². The molecule has 1 heterocycles. The molecule has 20 heavy (non-hydrogen) atoms. The summed E-state index contributed by atoms with van der Waals surface area (Å²) in [5, 5.41) is 1.30. The molecule has 0 saturated heterocycles. The van der Waals surface area contributed by atoms with Gasteiger partial charge in [0.1, 0.15) is 0 Å². The first-order valence-electron chi connectivity index (χ1n) is 5.89. The molecule has 1 aliphatic heterocycles. The number of hydrogen-bond donors (Lipinski definition) is 1. The van der Waals surface area contributed by atoms with Gasteiger partial charge in [-0.15, -0.1) is 0 Å². The Hall–Kier alpha value is -1.44. The average molecular weight is 314 g/mol. The van der Waals surface area contributed by atoms with E-state index < -0.39 is 20.0 Å². The second-order valence-electron chi connectivity index (χ2n) is 4.58. The number of sulfone groups is 1. The van der Waals surface area contributed by atoms with Gasteiger partial charge in [-0.1, -0.05) is 17.7 Å². The SMILES string of the molecule is Cc1ccc(S(=O)(=O)O)cc1.O=S1(=O)C=CC2=C1CC2. The van der Waals surface area contributed by atoms with E-state index in [1.165, 1.54) is 17.5 Å². The Morgan fingerprint density at radius 1 is 1.10 bits per heavy atom. The molecule has 0 spiro atoms. The standard InChI is InChI=1S/C7H8O3S.C6H6O2S/c1-6-2-4-7(5-3-6)11(8,9)10;7-9(8)4-3-5-1-2-6(5)9/h2-5H,1H3,(H,8,9,10);3-4H,1-2H2.